The Morgan fingerprint density at radius 1 is 1.45 bits per heavy atom. The number of nitrogens with one attached hydrogen (secondary N) is 2. The summed E-state index contributed by atoms with van der Waals surface area (Å²) in [5.74, 6) is 1.33. The Morgan fingerprint density at radius 3 is 2.75 bits per heavy atom. The number of hydrogen-bond acceptors (Lipinski definition) is 4. The summed E-state index contributed by atoms with van der Waals surface area (Å²) in [6.07, 6.45) is 1.84. The van der Waals surface area contributed by atoms with Crippen LogP contribution in [0.1, 0.15) is 24.1 Å². The van der Waals surface area contributed by atoms with Crippen LogP contribution in [0.15, 0.2) is 22.5 Å². The fraction of sp³-hybridized carbons (Fsp3) is 0.615. The maximum atomic E-state index is 11.0. The summed E-state index contributed by atoms with van der Waals surface area (Å²) < 4.78 is 22.0. The second-order valence-electron chi connectivity index (χ2n) is 4.78. The maximum Gasteiger partial charge on any atom is 0.190 e. The minimum atomic E-state index is -2.88. The van der Waals surface area contributed by atoms with Gasteiger partial charge in [0.05, 0.1) is 5.75 Å². The number of rotatable bonds is 7. The second kappa shape index (κ2) is 8.26. The Bertz CT molecular complexity index is 510. The van der Waals surface area contributed by atoms with E-state index in [4.69, 9.17) is 0 Å². The molecular weight excluding hydrogens is 294 g/mol. The van der Waals surface area contributed by atoms with Gasteiger partial charge in [0.15, 0.2) is 5.96 Å². The molecule has 5 nitrogen and oxygen atoms in total. The molecule has 1 atom stereocenters. The number of sulfone groups is 1. The molecule has 0 saturated heterocycles. The van der Waals surface area contributed by atoms with Crippen molar-refractivity contribution in [3.05, 3.63) is 22.4 Å². The molecule has 114 valence electrons. The van der Waals surface area contributed by atoms with E-state index in [1.807, 2.05) is 0 Å². The van der Waals surface area contributed by atoms with Gasteiger partial charge in [-0.25, -0.2) is 8.42 Å². The highest BCUT2D eigenvalue weighted by molar-refractivity contribution is 7.90. The molecule has 0 spiro atoms. The lowest BCUT2D eigenvalue weighted by atomic mass is 10.1. The lowest BCUT2D eigenvalue weighted by Crippen LogP contribution is -2.39. The van der Waals surface area contributed by atoms with Gasteiger partial charge in [0.2, 0.25) is 0 Å². The first-order valence-corrected chi connectivity index (χ1v) is 9.52. The Hall–Kier alpha value is -1.08. The van der Waals surface area contributed by atoms with Gasteiger partial charge in [-0.3, -0.25) is 4.99 Å². The standard InChI is InChI=1S/C13H23N3O2S2/c1-11(12-6-4-8-19-12)10-16-13(14-2)15-7-5-9-20(3,17)18/h4,6,8,11H,5,7,9-10H2,1-3H3,(H2,14,15,16). The lowest BCUT2D eigenvalue weighted by Gasteiger charge is -2.15. The van der Waals surface area contributed by atoms with Gasteiger partial charge >= 0.3 is 0 Å². The first-order chi connectivity index (χ1) is 9.42. The molecule has 20 heavy (non-hydrogen) atoms. The van der Waals surface area contributed by atoms with Crippen molar-refractivity contribution in [1.29, 1.82) is 0 Å². The quantitative estimate of drug-likeness (QED) is 0.454. The van der Waals surface area contributed by atoms with Crippen LogP contribution in [0.4, 0.5) is 0 Å². The lowest BCUT2D eigenvalue weighted by molar-refractivity contribution is 0.598. The topological polar surface area (TPSA) is 70.6 Å². The van der Waals surface area contributed by atoms with Crippen molar-refractivity contribution in [3.8, 4) is 0 Å². The number of nitrogens with zero attached hydrogens (tertiary/aromatic N) is 1. The van der Waals surface area contributed by atoms with Crippen LogP contribution >= 0.6 is 11.3 Å². The molecule has 2 N–H and O–H groups in total. The van der Waals surface area contributed by atoms with Crippen molar-refractivity contribution >= 4 is 27.1 Å². The zero-order valence-electron chi connectivity index (χ0n) is 12.2. The summed E-state index contributed by atoms with van der Waals surface area (Å²) >= 11 is 1.75. The van der Waals surface area contributed by atoms with Crippen molar-refractivity contribution < 1.29 is 8.42 Å². The molecule has 1 heterocycles. The largest absolute Gasteiger partial charge is 0.356 e. The highest BCUT2D eigenvalue weighted by Gasteiger charge is 2.07. The highest BCUT2D eigenvalue weighted by atomic mass is 32.2. The van der Waals surface area contributed by atoms with Crippen LogP contribution in [0.25, 0.3) is 0 Å². The summed E-state index contributed by atoms with van der Waals surface area (Å²) in [7, 11) is -1.17. The van der Waals surface area contributed by atoms with E-state index in [0.29, 0.717) is 24.8 Å². The van der Waals surface area contributed by atoms with Crippen LogP contribution < -0.4 is 10.6 Å². The molecule has 1 unspecified atom stereocenters. The molecule has 7 heteroatoms. The van der Waals surface area contributed by atoms with Crippen molar-refractivity contribution in [2.45, 2.75) is 19.3 Å². The normalized spacial score (nSPS) is 14.1. The number of thiophene rings is 1. The van der Waals surface area contributed by atoms with E-state index in [9.17, 15) is 8.42 Å². The first-order valence-electron chi connectivity index (χ1n) is 6.58. The van der Waals surface area contributed by atoms with E-state index in [1.165, 1.54) is 11.1 Å². The van der Waals surface area contributed by atoms with Crippen molar-refractivity contribution in [2.75, 3.05) is 32.1 Å². The van der Waals surface area contributed by atoms with Gasteiger partial charge in [-0.1, -0.05) is 13.0 Å². The molecule has 1 rings (SSSR count). The van der Waals surface area contributed by atoms with E-state index in [1.54, 1.807) is 18.4 Å². The smallest absolute Gasteiger partial charge is 0.190 e. The van der Waals surface area contributed by atoms with Gasteiger partial charge in [0.25, 0.3) is 0 Å². The Labute approximate surface area is 125 Å². The molecule has 0 aromatic carbocycles. The third kappa shape index (κ3) is 6.91. The minimum Gasteiger partial charge on any atom is -0.356 e. The number of aliphatic imine (C=N–C) groups is 1. The number of guanidine groups is 1. The van der Waals surface area contributed by atoms with Crippen LogP contribution in [0.3, 0.4) is 0 Å². The summed E-state index contributed by atoms with van der Waals surface area (Å²) in [5, 5.41) is 8.45. The monoisotopic (exact) mass is 317 g/mol. The molecule has 0 fully saturated rings. The predicted molar refractivity (Wildman–Crippen MR) is 86.4 cm³/mol. The second-order valence-corrected chi connectivity index (χ2v) is 8.02. The van der Waals surface area contributed by atoms with Crippen molar-refractivity contribution in [3.63, 3.8) is 0 Å². The molecule has 1 aromatic rings. The Balaban J connectivity index is 2.26. The van der Waals surface area contributed by atoms with Crippen molar-refractivity contribution in [1.82, 2.24) is 10.6 Å². The van der Waals surface area contributed by atoms with E-state index in [2.05, 4.69) is 40.1 Å². The van der Waals surface area contributed by atoms with Gasteiger partial charge in [-0.2, -0.15) is 0 Å². The van der Waals surface area contributed by atoms with Gasteiger partial charge in [-0.15, -0.1) is 11.3 Å². The molecule has 0 bridgehead atoms. The molecule has 0 aliphatic carbocycles. The predicted octanol–water partition coefficient (Wildman–Crippen LogP) is 1.45. The van der Waals surface area contributed by atoms with Gasteiger partial charge in [0, 0.05) is 37.2 Å². The van der Waals surface area contributed by atoms with Crippen LogP contribution in [0.2, 0.25) is 0 Å². The Kier molecular flexibility index (Phi) is 7.01. The van der Waals surface area contributed by atoms with Gasteiger partial charge in [-0.05, 0) is 17.9 Å². The SMILES string of the molecule is CN=C(NCCCS(C)(=O)=O)NCC(C)c1cccs1. The van der Waals surface area contributed by atoms with E-state index in [-0.39, 0.29) is 5.75 Å². The average Bonchev–Trinajstić information content (AvgIpc) is 2.90. The maximum absolute atomic E-state index is 11.0. The molecular formula is C13H23N3O2S2. The summed E-state index contributed by atoms with van der Waals surface area (Å²) in [5.41, 5.74) is 0. The highest BCUT2D eigenvalue weighted by Crippen LogP contribution is 2.19. The Morgan fingerprint density at radius 2 is 2.20 bits per heavy atom. The fourth-order valence-corrected chi connectivity index (χ4v) is 3.14. The first kappa shape index (κ1) is 17.0. The van der Waals surface area contributed by atoms with Crippen LogP contribution in [-0.4, -0.2) is 46.5 Å². The molecule has 0 radical (unpaired) electrons. The molecule has 0 aliphatic rings. The average molecular weight is 317 g/mol. The minimum absolute atomic E-state index is 0.197. The van der Waals surface area contributed by atoms with E-state index < -0.39 is 9.84 Å². The summed E-state index contributed by atoms with van der Waals surface area (Å²) in [6, 6.07) is 4.17. The third-order valence-electron chi connectivity index (χ3n) is 2.81. The van der Waals surface area contributed by atoms with Crippen LogP contribution in [-0.2, 0) is 9.84 Å². The summed E-state index contributed by atoms with van der Waals surface area (Å²) in [6.45, 7) is 3.56. The fourth-order valence-electron chi connectivity index (χ4n) is 1.68. The zero-order chi connectivity index (χ0) is 15.0. The van der Waals surface area contributed by atoms with Crippen LogP contribution in [0.5, 0.6) is 0 Å². The zero-order valence-corrected chi connectivity index (χ0v) is 13.9. The molecule has 1 aromatic heterocycles. The number of hydrogen-bond donors (Lipinski definition) is 2. The van der Waals surface area contributed by atoms with E-state index >= 15 is 0 Å². The van der Waals surface area contributed by atoms with Gasteiger partial charge in [0.1, 0.15) is 9.84 Å². The van der Waals surface area contributed by atoms with Gasteiger partial charge < -0.3 is 10.6 Å². The van der Waals surface area contributed by atoms with E-state index in [0.717, 1.165) is 6.54 Å². The van der Waals surface area contributed by atoms with Crippen LogP contribution in [0, 0.1) is 0 Å². The third-order valence-corrected chi connectivity index (χ3v) is 4.95. The van der Waals surface area contributed by atoms with Crippen molar-refractivity contribution in [2.24, 2.45) is 4.99 Å². The molecule has 0 amide bonds. The molecule has 0 saturated carbocycles. The summed E-state index contributed by atoms with van der Waals surface area (Å²) in [4.78, 5) is 5.46. The molecule has 0 aliphatic heterocycles.